The molecule has 1 aromatic heterocycles. The first-order chi connectivity index (χ1) is 12.9. The lowest BCUT2D eigenvalue weighted by Crippen LogP contribution is -2.54. The number of Topliss-reactive ketones (excluding diaryl/α,β-unsaturated/α-hetero) is 1. The number of thiophene rings is 1. The number of ketones is 1. The van der Waals surface area contributed by atoms with Crippen molar-refractivity contribution in [3.05, 3.63) is 22.4 Å². The van der Waals surface area contributed by atoms with Gasteiger partial charge in [-0.05, 0) is 36.6 Å². The Morgan fingerprint density at radius 2 is 2.19 bits per heavy atom. The zero-order valence-electron chi connectivity index (χ0n) is 15.4. The number of amides is 3. The fourth-order valence-corrected chi connectivity index (χ4v) is 4.49. The van der Waals surface area contributed by atoms with E-state index < -0.39 is 24.1 Å². The lowest BCUT2D eigenvalue weighted by molar-refractivity contribution is -0.148. The highest BCUT2D eigenvalue weighted by Crippen LogP contribution is 2.38. The van der Waals surface area contributed by atoms with E-state index in [1.807, 2.05) is 18.4 Å². The summed E-state index contributed by atoms with van der Waals surface area (Å²) in [5.74, 6) is -0.900. The molecule has 1 spiro atoms. The van der Waals surface area contributed by atoms with E-state index in [2.05, 4.69) is 5.32 Å². The summed E-state index contributed by atoms with van der Waals surface area (Å²) in [6.07, 6.45) is 4.10. The number of hydrogen-bond donors (Lipinski definition) is 1. The lowest BCUT2D eigenvalue weighted by atomic mass is 9.73. The average Bonchev–Trinajstić information content (AvgIpc) is 3.25. The fraction of sp³-hybridized carbons (Fsp3) is 0.579. The molecule has 1 aromatic rings. The summed E-state index contributed by atoms with van der Waals surface area (Å²) < 4.78 is 5.11. The molecule has 3 amide bonds. The van der Waals surface area contributed by atoms with Crippen molar-refractivity contribution >= 4 is 35.0 Å². The van der Waals surface area contributed by atoms with E-state index in [1.165, 1.54) is 11.3 Å². The molecule has 0 unspecified atom stereocenters. The van der Waals surface area contributed by atoms with Gasteiger partial charge < -0.3 is 10.1 Å². The van der Waals surface area contributed by atoms with Crippen LogP contribution in [-0.2, 0) is 14.3 Å². The zero-order chi connectivity index (χ0) is 19.4. The molecule has 7 nitrogen and oxygen atoms in total. The molecule has 2 fully saturated rings. The molecule has 0 radical (unpaired) electrons. The van der Waals surface area contributed by atoms with Gasteiger partial charge in [0.05, 0.1) is 11.5 Å². The van der Waals surface area contributed by atoms with Crippen LogP contribution >= 0.6 is 11.3 Å². The highest BCUT2D eigenvalue weighted by atomic mass is 32.1. The zero-order valence-corrected chi connectivity index (χ0v) is 16.2. The van der Waals surface area contributed by atoms with Crippen LogP contribution in [0.1, 0.15) is 55.1 Å². The number of nitrogens with zero attached hydrogens (tertiary/aromatic N) is 1. The molecule has 0 bridgehead atoms. The van der Waals surface area contributed by atoms with Crippen LogP contribution in [0.15, 0.2) is 17.5 Å². The number of hydrogen-bond acceptors (Lipinski definition) is 6. The maximum absolute atomic E-state index is 12.8. The summed E-state index contributed by atoms with van der Waals surface area (Å²) in [6.45, 7) is 1.66. The fourth-order valence-electron chi connectivity index (χ4n) is 3.79. The molecule has 2 heterocycles. The number of carbonyl (C=O) groups is 4. The summed E-state index contributed by atoms with van der Waals surface area (Å²) in [5, 5.41) is 4.65. The molecule has 3 rings (SSSR count). The highest BCUT2D eigenvalue weighted by molar-refractivity contribution is 7.12. The van der Waals surface area contributed by atoms with Gasteiger partial charge in [-0.15, -0.1) is 11.3 Å². The SMILES string of the molecule is C[C@@H]1CCCC[C@]12NC(=O)N(CC(=O)OCCCC(=O)c1cccs1)C2=O. The number of nitrogens with one attached hydrogen (secondary N) is 1. The third-order valence-electron chi connectivity index (χ3n) is 5.40. The summed E-state index contributed by atoms with van der Waals surface area (Å²) in [7, 11) is 0. The van der Waals surface area contributed by atoms with E-state index in [0.29, 0.717) is 17.7 Å². The van der Waals surface area contributed by atoms with Gasteiger partial charge in [-0.2, -0.15) is 0 Å². The van der Waals surface area contributed by atoms with Gasteiger partial charge in [-0.3, -0.25) is 19.3 Å². The van der Waals surface area contributed by atoms with Crippen LogP contribution in [0.2, 0.25) is 0 Å². The van der Waals surface area contributed by atoms with Gasteiger partial charge in [-0.25, -0.2) is 4.79 Å². The first kappa shape index (κ1) is 19.5. The van der Waals surface area contributed by atoms with Crippen molar-refractivity contribution in [1.82, 2.24) is 10.2 Å². The minimum absolute atomic E-state index is 0.0170. The number of urea groups is 1. The highest BCUT2D eigenvalue weighted by Gasteiger charge is 2.55. The third kappa shape index (κ3) is 4.05. The molecule has 0 aromatic carbocycles. The summed E-state index contributed by atoms with van der Waals surface area (Å²) in [6, 6.07) is 3.05. The van der Waals surface area contributed by atoms with E-state index in [9.17, 15) is 19.2 Å². The number of imide groups is 1. The molecule has 1 N–H and O–H groups in total. The minimum Gasteiger partial charge on any atom is -0.464 e. The van der Waals surface area contributed by atoms with Crippen molar-refractivity contribution in [1.29, 1.82) is 0 Å². The summed E-state index contributed by atoms with van der Waals surface area (Å²) in [5.41, 5.74) is -0.872. The molecule has 146 valence electrons. The van der Waals surface area contributed by atoms with Crippen LogP contribution < -0.4 is 5.32 Å². The van der Waals surface area contributed by atoms with Crippen LogP contribution in [-0.4, -0.2) is 47.3 Å². The Kier molecular flexibility index (Phi) is 5.94. The second-order valence-electron chi connectivity index (χ2n) is 7.16. The molecule has 2 atom stereocenters. The summed E-state index contributed by atoms with van der Waals surface area (Å²) >= 11 is 1.38. The van der Waals surface area contributed by atoms with Crippen LogP contribution in [0.5, 0.6) is 0 Å². The molecular formula is C19H24N2O5S. The third-order valence-corrected chi connectivity index (χ3v) is 6.31. The second-order valence-corrected chi connectivity index (χ2v) is 8.11. The Hall–Kier alpha value is -2.22. The standard InChI is InChI=1S/C19H24N2O5S/c1-13-6-2-3-9-19(13)17(24)21(18(25)20-19)12-16(23)26-10-4-7-14(22)15-8-5-11-27-15/h5,8,11,13H,2-4,6-7,9-10,12H2,1H3,(H,20,25)/t13-,19+/m1/s1. The molecule has 1 saturated carbocycles. The maximum atomic E-state index is 12.8. The van der Waals surface area contributed by atoms with Crippen molar-refractivity contribution < 1.29 is 23.9 Å². The van der Waals surface area contributed by atoms with Crippen LogP contribution in [0.4, 0.5) is 4.79 Å². The molecule has 1 aliphatic carbocycles. The molecule has 27 heavy (non-hydrogen) atoms. The quantitative estimate of drug-likeness (QED) is 0.333. The van der Waals surface area contributed by atoms with Crippen molar-refractivity contribution in [3.8, 4) is 0 Å². The van der Waals surface area contributed by atoms with Crippen molar-refractivity contribution in [2.45, 2.75) is 51.0 Å². The minimum atomic E-state index is -0.872. The van der Waals surface area contributed by atoms with Crippen molar-refractivity contribution in [2.75, 3.05) is 13.2 Å². The number of rotatable bonds is 7. The largest absolute Gasteiger partial charge is 0.464 e. The van der Waals surface area contributed by atoms with Gasteiger partial charge in [0.15, 0.2) is 5.78 Å². The first-order valence-electron chi connectivity index (χ1n) is 9.30. The Morgan fingerprint density at radius 1 is 1.37 bits per heavy atom. The smallest absolute Gasteiger partial charge is 0.326 e. The topological polar surface area (TPSA) is 92.8 Å². The monoisotopic (exact) mass is 392 g/mol. The van der Waals surface area contributed by atoms with Crippen molar-refractivity contribution in [2.24, 2.45) is 5.92 Å². The molecule has 2 aliphatic rings. The maximum Gasteiger partial charge on any atom is 0.326 e. The molecule has 8 heteroatoms. The average molecular weight is 392 g/mol. The predicted octanol–water partition coefficient (Wildman–Crippen LogP) is 2.75. The Balaban J connectivity index is 1.46. The van der Waals surface area contributed by atoms with E-state index in [4.69, 9.17) is 4.74 Å². The van der Waals surface area contributed by atoms with E-state index >= 15 is 0 Å². The van der Waals surface area contributed by atoms with Gasteiger partial charge in [0.2, 0.25) is 0 Å². The van der Waals surface area contributed by atoms with Gasteiger partial charge in [0, 0.05) is 6.42 Å². The number of esters is 1. The Labute approximate surface area is 162 Å². The predicted molar refractivity (Wildman–Crippen MR) is 99.5 cm³/mol. The Morgan fingerprint density at radius 3 is 2.89 bits per heavy atom. The first-order valence-corrected chi connectivity index (χ1v) is 10.2. The van der Waals surface area contributed by atoms with E-state index in [0.717, 1.165) is 24.2 Å². The normalized spacial score (nSPS) is 24.9. The summed E-state index contributed by atoms with van der Waals surface area (Å²) in [4.78, 5) is 50.6. The van der Waals surface area contributed by atoms with Crippen LogP contribution in [0.25, 0.3) is 0 Å². The van der Waals surface area contributed by atoms with E-state index in [-0.39, 0.29) is 30.6 Å². The van der Waals surface area contributed by atoms with Gasteiger partial charge in [0.25, 0.3) is 5.91 Å². The van der Waals surface area contributed by atoms with Crippen LogP contribution in [0, 0.1) is 5.92 Å². The second kappa shape index (κ2) is 8.21. The Bertz CT molecular complexity index is 732. The molecule has 1 saturated heterocycles. The van der Waals surface area contributed by atoms with Gasteiger partial charge in [-0.1, -0.05) is 25.8 Å². The van der Waals surface area contributed by atoms with Gasteiger partial charge in [0.1, 0.15) is 12.1 Å². The van der Waals surface area contributed by atoms with Crippen LogP contribution in [0.3, 0.4) is 0 Å². The number of carbonyl (C=O) groups excluding carboxylic acids is 4. The van der Waals surface area contributed by atoms with E-state index in [1.54, 1.807) is 6.07 Å². The molecular weight excluding hydrogens is 368 g/mol. The van der Waals surface area contributed by atoms with Crippen molar-refractivity contribution in [3.63, 3.8) is 0 Å². The molecule has 1 aliphatic heterocycles. The lowest BCUT2D eigenvalue weighted by Gasteiger charge is -2.36. The number of ether oxygens (including phenoxy) is 1. The van der Waals surface area contributed by atoms with Gasteiger partial charge >= 0.3 is 12.0 Å².